The smallest absolute Gasteiger partial charge is 0.191 e. The SMILES string of the molecule is CCNC(=NCc1ccc(C)cc1OCC1CCOC1)NCCN1CCCN(C)CC1.I. The molecular formula is C24H42IN5O2. The van der Waals surface area contributed by atoms with E-state index in [4.69, 9.17) is 14.5 Å². The third-order valence-corrected chi connectivity index (χ3v) is 6.01. The van der Waals surface area contributed by atoms with Crippen LogP contribution in [0.15, 0.2) is 23.2 Å². The molecule has 2 saturated heterocycles. The molecule has 182 valence electrons. The number of aryl methyl sites for hydroxylation is 1. The van der Waals surface area contributed by atoms with Crippen LogP contribution in [0, 0.1) is 12.8 Å². The van der Waals surface area contributed by atoms with Gasteiger partial charge in [0.25, 0.3) is 0 Å². The van der Waals surface area contributed by atoms with Crippen LogP contribution in [0.25, 0.3) is 0 Å². The zero-order chi connectivity index (χ0) is 21.9. The molecule has 32 heavy (non-hydrogen) atoms. The fourth-order valence-electron chi connectivity index (χ4n) is 4.01. The van der Waals surface area contributed by atoms with Gasteiger partial charge in [-0.1, -0.05) is 12.1 Å². The summed E-state index contributed by atoms with van der Waals surface area (Å²) in [6.07, 6.45) is 2.33. The Balaban J connectivity index is 0.00000363. The number of ether oxygens (including phenoxy) is 2. The molecular weight excluding hydrogens is 517 g/mol. The third-order valence-electron chi connectivity index (χ3n) is 6.01. The standard InChI is InChI=1S/C24H41N5O2.HI/c1-4-25-24(26-9-12-29-11-5-10-28(3)13-14-29)27-17-22-7-6-20(2)16-23(22)31-19-21-8-15-30-18-21;/h6-7,16,21H,4-5,8-15,17-19H2,1-3H3,(H2,25,26,27);1H. The molecule has 2 aliphatic heterocycles. The van der Waals surface area contributed by atoms with Gasteiger partial charge in [0, 0.05) is 50.8 Å². The molecule has 0 saturated carbocycles. The van der Waals surface area contributed by atoms with E-state index in [0.29, 0.717) is 19.1 Å². The number of likely N-dealkylation sites (N-methyl/N-ethyl adjacent to an activating group) is 1. The number of hydrogen-bond acceptors (Lipinski definition) is 5. The number of hydrogen-bond donors (Lipinski definition) is 2. The van der Waals surface area contributed by atoms with Crippen molar-refractivity contribution in [3.05, 3.63) is 29.3 Å². The predicted molar refractivity (Wildman–Crippen MR) is 142 cm³/mol. The predicted octanol–water partition coefficient (Wildman–Crippen LogP) is 2.72. The fourth-order valence-corrected chi connectivity index (χ4v) is 4.01. The molecule has 0 aromatic heterocycles. The summed E-state index contributed by atoms with van der Waals surface area (Å²) >= 11 is 0. The first-order valence-electron chi connectivity index (χ1n) is 11.9. The summed E-state index contributed by atoms with van der Waals surface area (Å²) in [5.74, 6) is 2.31. The zero-order valence-corrected chi connectivity index (χ0v) is 22.4. The van der Waals surface area contributed by atoms with Gasteiger partial charge in [-0.15, -0.1) is 24.0 Å². The van der Waals surface area contributed by atoms with Gasteiger partial charge >= 0.3 is 0 Å². The molecule has 2 heterocycles. The molecule has 2 N–H and O–H groups in total. The van der Waals surface area contributed by atoms with Crippen LogP contribution in [0.4, 0.5) is 0 Å². The average Bonchev–Trinajstić information content (AvgIpc) is 3.20. The minimum atomic E-state index is 0. The van der Waals surface area contributed by atoms with Crippen molar-refractivity contribution in [1.82, 2.24) is 20.4 Å². The van der Waals surface area contributed by atoms with Crippen LogP contribution in [-0.2, 0) is 11.3 Å². The first-order valence-corrected chi connectivity index (χ1v) is 11.9. The minimum absolute atomic E-state index is 0. The Morgan fingerprint density at radius 3 is 2.88 bits per heavy atom. The highest BCUT2D eigenvalue weighted by atomic mass is 127. The highest BCUT2D eigenvalue weighted by Gasteiger charge is 2.17. The molecule has 0 radical (unpaired) electrons. The molecule has 2 fully saturated rings. The molecule has 0 aliphatic carbocycles. The monoisotopic (exact) mass is 559 g/mol. The highest BCUT2D eigenvalue weighted by Crippen LogP contribution is 2.23. The van der Waals surface area contributed by atoms with Crippen LogP contribution in [0.1, 0.15) is 30.9 Å². The number of guanidine groups is 1. The lowest BCUT2D eigenvalue weighted by molar-refractivity contribution is 0.166. The van der Waals surface area contributed by atoms with Crippen LogP contribution >= 0.6 is 24.0 Å². The summed E-state index contributed by atoms with van der Waals surface area (Å²) in [5, 5.41) is 6.88. The molecule has 1 aromatic rings. The first-order chi connectivity index (χ1) is 15.1. The van der Waals surface area contributed by atoms with Crippen molar-refractivity contribution in [1.29, 1.82) is 0 Å². The van der Waals surface area contributed by atoms with Crippen LogP contribution in [0.5, 0.6) is 5.75 Å². The molecule has 0 bridgehead atoms. The number of benzene rings is 1. The summed E-state index contributed by atoms with van der Waals surface area (Å²) in [6.45, 7) is 14.6. The second kappa shape index (κ2) is 14.9. The van der Waals surface area contributed by atoms with Crippen molar-refractivity contribution in [2.75, 3.05) is 72.7 Å². The van der Waals surface area contributed by atoms with Crippen molar-refractivity contribution in [2.45, 2.75) is 33.2 Å². The van der Waals surface area contributed by atoms with E-state index >= 15 is 0 Å². The van der Waals surface area contributed by atoms with E-state index in [2.05, 4.69) is 59.5 Å². The van der Waals surface area contributed by atoms with Crippen LogP contribution < -0.4 is 15.4 Å². The van der Waals surface area contributed by atoms with E-state index in [-0.39, 0.29) is 24.0 Å². The lowest BCUT2D eigenvalue weighted by Crippen LogP contribution is -2.42. The number of aliphatic imine (C=N–C) groups is 1. The maximum atomic E-state index is 6.17. The molecule has 1 aromatic carbocycles. The second-order valence-electron chi connectivity index (χ2n) is 8.77. The number of halogens is 1. The Morgan fingerprint density at radius 1 is 1.22 bits per heavy atom. The number of nitrogens with zero attached hydrogens (tertiary/aromatic N) is 3. The van der Waals surface area contributed by atoms with E-state index in [0.717, 1.165) is 69.6 Å². The lowest BCUT2D eigenvalue weighted by Gasteiger charge is -2.21. The molecule has 1 unspecified atom stereocenters. The average molecular weight is 560 g/mol. The Hall–Kier alpha value is -1.10. The summed E-state index contributed by atoms with van der Waals surface area (Å²) in [6, 6.07) is 6.39. The highest BCUT2D eigenvalue weighted by molar-refractivity contribution is 14.0. The van der Waals surface area contributed by atoms with E-state index in [1.807, 2.05) is 0 Å². The van der Waals surface area contributed by atoms with Crippen molar-refractivity contribution >= 4 is 29.9 Å². The minimum Gasteiger partial charge on any atom is -0.493 e. The van der Waals surface area contributed by atoms with Crippen molar-refractivity contribution in [2.24, 2.45) is 10.9 Å². The number of rotatable bonds is 9. The summed E-state index contributed by atoms with van der Waals surface area (Å²) in [5.41, 5.74) is 2.33. The van der Waals surface area contributed by atoms with Gasteiger partial charge in [0.2, 0.25) is 0 Å². The molecule has 0 spiro atoms. The zero-order valence-electron chi connectivity index (χ0n) is 20.1. The normalized spacial score (nSPS) is 20.5. The largest absolute Gasteiger partial charge is 0.493 e. The molecule has 2 aliphatic rings. The van der Waals surface area contributed by atoms with E-state index in [9.17, 15) is 0 Å². The van der Waals surface area contributed by atoms with Crippen LogP contribution in [-0.4, -0.2) is 88.4 Å². The molecule has 0 amide bonds. The molecule has 8 heteroatoms. The van der Waals surface area contributed by atoms with Crippen LogP contribution in [0.3, 0.4) is 0 Å². The molecule has 3 rings (SSSR count). The Morgan fingerprint density at radius 2 is 2.09 bits per heavy atom. The summed E-state index contributed by atoms with van der Waals surface area (Å²) in [4.78, 5) is 9.79. The Bertz CT molecular complexity index is 697. The Labute approximate surface area is 211 Å². The molecule has 7 nitrogen and oxygen atoms in total. The van der Waals surface area contributed by atoms with Crippen LogP contribution in [0.2, 0.25) is 0 Å². The van der Waals surface area contributed by atoms with Gasteiger partial charge in [0.15, 0.2) is 5.96 Å². The van der Waals surface area contributed by atoms with E-state index in [1.54, 1.807) is 0 Å². The summed E-state index contributed by atoms with van der Waals surface area (Å²) < 4.78 is 11.6. The van der Waals surface area contributed by atoms with Gasteiger partial charge < -0.3 is 29.9 Å². The maximum Gasteiger partial charge on any atom is 0.191 e. The van der Waals surface area contributed by atoms with E-state index < -0.39 is 0 Å². The summed E-state index contributed by atoms with van der Waals surface area (Å²) in [7, 11) is 2.21. The quantitative estimate of drug-likeness (QED) is 0.276. The van der Waals surface area contributed by atoms with Crippen molar-refractivity contribution in [3.8, 4) is 5.75 Å². The van der Waals surface area contributed by atoms with E-state index in [1.165, 1.54) is 25.1 Å². The molecule has 1 atom stereocenters. The second-order valence-corrected chi connectivity index (χ2v) is 8.77. The first kappa shape index (κ1) is 27.1. The van der Waals surface area contributed by atoms with Crippen molar-refractivity contribution in [3.63, 3.8) is 0 Å². The Kier molecular flexibility index (Phi) is 12.7. The van der Waals surface area contributed by atoms with Gasteiger partial charge in [0.1, 0.15) is 5.75 Å². The van der Waals surface area contributed by atoms with Gasteiger partial charge in [0.05, 0.1) is 19.8 Å². The van der Waals surface area contributed by atoms with Gasteiger partial charge in [-0.05, 0) is 58.5 Å². The van der Waals surface area contributed by atoms with Gasteiger partial charge in [-0.25, -0.2) is 4.99 Å². The third kappa shape index (κ3) is 9.41. The lowest BCUT2D eigenvalue weighted by atomic mass is 10.1. The van der Waals surface area contributed by atoms with Gasteiger partial charge in [-0.3, -0.25) is 0 Å². The van der Waals surface area contributed by atoms with Crippen molar-refractivity contribution < 1.29 is 9.47 Å². The number of nitrogens with one attached hydrogen (secondary N) is 2. The fraction of sp³-hybridized carbons (Fsp3) is 0.708. The van der Waals surface area contributed by atoms with Gasteiger partial charge in [-0.2, -0.15) is 0 Å². The topological polar surface area (TPSA) is 61.4 Å². The maximum absolute atomic E-state index is 6.17.